The molecule has 2 aliphatic rings. The molecular formula is C27H29ClFN5O. The number of hydrogen-bond donors (Lipinski definition) is 0. The number of rotatable bonds is 4. The van der Waals surface area contributed by atoms with Gasteiger partial charge < -0.3 is 14.7 Å². The molecule has 35 heavy (non-hydrogen) atoms. The lowest BCUT2D eigenvalue weighted by atomic mass is 9.96. The molecule has 0 spiro atoms. The minimum Gasteiger partial charge on any atom is -0.368 e. The quantitative estimate of drug-likeness (QED) is 0.522. The van der Waals surface area contributed by atoms with E-state index in [2.05, 4.69) is 26.9 Å². The van der Waals surface area contributed by atoms with Crippen LogP contribution in [0.15, 0.2) is 54.6 Å². The second kappa shape index (κ2) is 10.2. The van der Waals surface area contributed by atoms with E-state index in [0.29, 0.717) is 25.3 Å². The summed E-state index contributed by atoms with van der Waals surface area (Å²) in [5.74, 6) is 0.688. The summed E-state index contributed by atoms with van der Waals surface area (Å²) < 4.78 is 13.2. The van der Waals surface area contributed by atoms with Gasteiger partial charge in [-0.2, -0.15) is 0 Å². The lowest BCUT2D eigenvalue weighted by Gasteiger charge is -2.40. The van der Waals surface area contributed by atoms with Gasteiger partial charge in [-0.1, -0.05) is 17.7 Å². The number of carbonyl (C=O) groups is 1. The number of aromatic nitrogens is 2. The third-order valence-corrected chi connectivity index (χ3v) is 7.22. The highest BCUT2D eigenvalue weighted by Crippen LogP contribution is 2.28. The van der Waals surface area contributed by atoms with Crippen molar-refractivity contribution in [3.05, 3.63) is 71.0 Å². The fourth-order valence-corrected chi connectivity index (χ4v) is 5.17. The summed E-state index contributed by atoms with van der Waals surface area (Å²) in [6.45, 7) is 6.64. The lowest BCUT2D eigenvalue weighted by molar-refractivity contribution is -0.136. The fourth-order valence-electron chi connectivity index (χ4n) is 5.00. The van der Waals surface area contributed by atoms with Gasteiger partial charge in [0.15, 0.2) is 5.82 Å². The summed E-state index contributed by atoms with van der Waals surface area (Å²) >= 11 is 6.21. The van der Waals surface area contributed by atoms with Crippen molar-refractivity contribution in [1.29, 1.82) is 0 Å². The molecule has 3 heterocycles. The Morgan fingerprint density at radius 1 is 0.943 bits per heavy atom. The molecule has 2 aliphatic heterocycles. The summed E-state index contributed by atoms with van der Waals surface area (Å²) in [7, 11) is 0. The molecule has 3 aromatic rings. The molecule has 1 atom stereocenters. The second-order valence-corrected chi connectivity index (χ2v) is 9.75. The highest BCUT2D eigenvalue weighted by atomic mass is 35.5. The van der Waals surface area contributed by atoms with Crippen LogP contribution in [0.2, 0.25) is 5.02 Å². The molecule has 2 fully saturated rings. The van der Waals surface area contributed by atoms with E-state index in [0.717, 1.165) is 54.6 Å². The first-order valence-corrected chi connectivity index (χ1v) is 12.5. The fraction of sp³-hybridized carbons (Fsp3) is 0.370. The predicted octanol–water partition coefficient (Wildman–Crippen LogP) is 4.81. The summed E-state index contributed by atoms with van der Waals surface area (Å²) in [4.78, 5) is 19.8. The van der Waals surface area contributed by atoms with E-state index in [-0.39, 0.29) is 17.6 Å². The first-order valence-electron chi connectivity index (χ1n) is 12.1. The Morgan fingerprint density at radius 2 is 1.71 bits per heavy atom. The molecule has 0 saturated carbocycles. The van der Waals surface area contributed by atoms with Crippen molar-refractivity contribution in [2.24, 2.45) is 5.92 Å². The second-order valence-electron chi connectivity index (χ2n) is 9.31. The number of amides is 1. The molecule has 8 heteroatoms. The highest BCUT2D eigenvalue weighted by Gasteiger charge is 2.32. The summed E-state index contributed by atoms with van der Waals surface area (Å²) in [6.07, 6.45) is 1.84. The molecule has 1 unspecified atom stereocenters. The van der Waals surface area contributed by atoms with Crippen molar-refractivity contribution in [2.75, 3.05) is 49.1 Å². The van der Waals surface area contributed by atoms with Crippen LogP contribution in [0.5, 0.6) is 0 Å². The Morgan fingerprint density at radius 3 is 2.43 bits per heavy atom. The summed E-state index contributed by atoms with van der Waals surface area (Å²) in [6, 6.07) is 16.0. The Kier molecular flexibility index (Phi) is 6.86. The van der Waals surface area contributed by atoms with E-state index in [1.165, 1.54) is 17.7 Å². The lowest BCUT2D eigenvalue weighted by Crippen LogP contribution is -2.52. The van der Waals surface area contributed by atoms with Gasteiger partial charge in [0.25, 0.3) is 0 Å². The van der Waals surface area contributed by atoms with Crippen molar-refractivity contribution < 1.29 is 9.18 Å². The maximum Gasteiger partial charge on any atom is 0.227 e. The van der Waals surface area contributed by atoms with Crippen LogP contribution in [0, 0.1) is 18.7 Å². The molecule has 0 N–H and O–H groups in total. The molecule has 1 aromatic heterocycles. The number of piperidine rings is 1. The first-order chi connectivity index (χ1) is 17.0. The molecule has 182 valence electrons. The van der Waals surface area contributed by atoms with E-state index in [4.69, 9.17) is 11.6 Å². The van der Waals surface area contributed by atoms with Crippen LogP contribution >= 0.6 is 11.6 Å². The predicted molar refractivity (Wildman–Crippen MR) is 137 cm³/mol. The molecule has 2 saturated heterocycles. The van der Waals surface area contributed by atoms with Crippen LogP contribution in [0.3, 0.4) is 0 Å². The molecule has 6 nitrogen and oxygen atoms in total. The van der Waals surface area contributed by atoms with E-state index < -0.39 is 0 Å². The van der Waals surface area contributed by atoms with Gasteiger partial charge in [-0.05, 0) is 73.9 Å². The third-order valence-electron chi connectivity index (χ3n) is 6.99. The van der Waals surface area contributed by atoms with Gasteiger partial charge in [-0.3, -0.25) is 4.79 Å². The largest absolute Gasteiger partial charge is 0.368 e. The van der Waals surface area contributed by atoms with Crippen LogP contribution in [-0.4, -0.2) is 60.3 Å². The van der Waals surface area contributed by atoms with E-state index >= 15 is 0 Å². The maximum atomic E-state index is 13.4. The summed E-state index contributed by atoms with van der Waals surface area (Å²) in [5, 5.41) is 9.48. The van der Waals surface area contributed by atoms with E-state index in [1.54, 1.807) is 12.1 Å². The number of hydrogen-bond acceptors (Lipinski definition) is 5. The van der Waals surface area contributed by atoms with Crippen molar-refractivity contribution in [2.45, 2.75) is 19.8 Å². The van der Waals surface area contributed by atoms with Crippen LogP contribution in [0.1, 0.15) is 18.4 Å². The molecule has 5 rings (SSSR count). The molecule has 2 aromatic carbocycles. The number of anilines is 2. The van der Waals surface area contributed by atoms with Crippen molar-refractivity contribution in [3.63, 3.8) is 0 Å². The van der Waals surface area contributed by atoms with Gasteiger partial charge in [-0.25, -0.2) is 4.39 Å². The number of halogens is 2. The molecule has 0 bridgehead atoms. The SMILES string of the molecule is Cc1ccc(Cl)cc1N1CCN(C(=O)C2CCCN(c3ccc(-c4ccc(F)cc4)nn3)C2)CC1. The van der Waals surface area contributed by atoms with Gasteiger partial charge in [0, 0.05) is 55.5 Å². The molecule has 0 radical (unpaired) electrons. The van der Waals surface area contributed by atoms with Gasteiger partial charge in [0.05, 0.1) is 11.6 Å². The average Bonchev–Trinajstić information content (AvgIpc) is 2.90. The van der Waals surface area contributed by atoms with Crippen molar-refractivity contribution >= 4 is 29.0 Å². The maximum absolute atomic E-state index is 13.4. The van der Waals surface area contributed by atoms with Crippen LogP contribution < -0.4 is 9.80 Å². The first kappa shape index (κ1) is 23.5. The normalized spacial score (nSPS) is 18.6. The van der Waals surface area contributed by atoms with Crippen molar-refractivity contribution in [1.82, 2.24) is 15.1 Å². The Hall–Kier alpha value is -3.19. The zero-order chi connectivity index (χ0) is 24.4. The van der Waals surface area contributed by atoms with Gasteiger partial charge in [0.2, 0.25) is 5.91 Å². The van der Waals surface area contributed by atoms with E-state index in [1.807, 2.05) is 35.2 Å². The number of carbonyl (C=O) groups excluding carboxylic acids is 1. The summed E-state index contributed by atoms with van der Waals surface area (Å²) in [5.41, 5.74) is 3.87. The van der Waals surface area contributed by atoms with Gasteiger partial charge in [0.1, 0.15) is 5.82 Å². The highest BCUT2D eigenvalue weighted by molar-refractivity contribution is 6.30. The van der Waals surface area contributed by atoms with Crippen LogP contribution in [-0.2, 0) is 4.79 Å². The third kappa shape index (κ3) is 5.25. The topological polar surface area (TPSA) is 52.6 Å². The Balaban J connectivity index is 1.19. The smallest absolute Gasteiger partial charge is 0.227 e. The van der Waals surface area contributed by atoms with Crippen molar-refractivity contribution in [3.8, 4) is 11.3 Å². The monoisotopic (exact) mass is 493 g/mol. The Bertz CT molecular complexity index is 1180. The standard InChI is InChI=1S/C27H29ClFN5O/c1-19-4-7-22(28)17-25(19)32-13-15-33(16-14-32)27(35)21-3-2-12-34(18-21)26-11-10-24(30-31-26)20-5-8-23(29)9-6-20/h4-11,17,21H,2-3,12-16,18H2,1H3. The van der Waals surface area contributed by atoms with Crippen LogP contribution in [0.4, 0.5) is 15.9 Å². The zero-order valence-electron chi connectivity index (χ0n) is 19.8. The minimum atomic E-state index is -0.275. The van der Waals surface area contributed by atoms with Gasteiger partial charge >= 0.3 is 0 Å². The molecular weight excluding hydrogens is 465 g/mol. The number of piperazine rings is 1. The average molecular weight is 494 g/mol. The number of nitrogens with zero attached hydrogens (tertiary/aromatic N) is 5. The Labute approximate surface area is 210 Å². The molecule has 0 aliphatic carbocycles. The molecule has 1 amide bonds. The van der Waals surface area contributed by atoms with Gasteiger partial charge in [-0.15, -0.1) is 10.2 Å². The number of benzene rings is 2. The zero-order valence-corrected chi connectivity index (χ0v) is 20.6. The van der Waals surface area contributed by atoms with E-state index in [9.17, 15) is 9.18 Å². The van der Waals surface area contributed by atoms with Crippen LogP contribution in [0.25, 0.3) is 11.3 Å². The minimum absolute atomic E-state index is 0.0400. The number of aryl methyl sites for hydroxylation is 1.